The second-order valence-corrected chi connectivity index (χ2v) is 8.03. The molecule has 9 nitrogen and oxygen atoms in total. The molecule has 9 heteroatoms. The fourth-order valence-electron chi connectivity index (χ4n) is 4.21. The van der Waals surface area contributed by atoms with Gasteiger partial charge in [0.15, 0.2) is 5.57 Å². The maximum atomic E-state index is 13.9. The molecule has 0 saturated heterocycles. The Bertz CT molecular complexity index is 1050. The zero-order valence-electron chi connectivity index (χ0n) is 19.7. The lowest BCUT2D eigenvalue weighted by molar-refractivity contribution is -0.146. The first-order valence-electron chi connectivity index (χ1n) is 11.1. The van der Waals surface area contributed by atoms with Crippen LogP contribution in [-0.4, -0.2) is 47.9 Å². The van der Waals surface area contributed by atoms with E-state index < -0.39 is 34.8 Å². The SMILES string of the molecule is CCOC(=O)C(=CN1N=C(OC(C)=O)C2(CC=C(C)CC2c2ccccc2)C1=O)C(=O)OCC. The summed E-state index contributed by atoms with van der Waals surface area (Å²) in [5.41, 5.74) is 0.156. The monoisotopic (exact) mass is 468 g/mol. The van der Waals surface area contributed by atoms with E-state index in [-0.39, 0.29) is 31.5 Å². The molecule has 1 amide bonds. The molecule has 1 aliphatic heterocycles. The van der Waals surface area contributed by atoms with Crippen molar-refractivity contribution in [3.63, 3.8) is 0 Å². The molecule has 34 heavy (non-hydrogen) atoms. The Hall–Kier alpha value is -3.75. The Morgan fingerprint density at radius 3 is 2.29 bits per heavy atom. The van der Waals surface area contributed by atoms with Gasteiger partial charge >= 0.3 is 17.9 Å². The highest BCUT2D eigenvalue weighted by Crippen LogP contribution is 2.51. The molecule has 1 aliphatic carbocycles. The zero-order chi connectivity index (χ0) is 24.9. The van der Waals surface area contributed by atoms with Gasteiger partial charge < -0.3 is 14.2 Å². The Morgan fingerprint density at radius 2 is 1.74 bits per heavy atom. The first-order chi connectivity index (χ1) is 16.2. The van der Waals surface area contributed by atoms with Crippen LogP contribution in [0.15, 0.2) is 58.9 Å². The lowest BCUT2D eigenvalue weighted by atomic mass is 9.64. The smallest absolute Gasteiger partial charge is 0.347 e. The van der Waals surface area contributed by atoms with Crippen molar-refractivity contribution in [2.45, 2.75) is 46.5 Å². The molecule has 0 saturated carbocycles. The minimum atomic E-state index is -1.32. The van der Waals surface area contributed by atoms with Crippen molar-refractivity contribution in [2.24, 2.45) is 10.5 Å². The Morgan fingerprint density at radius 1 is 1.12 bits per heavy atom. The maximum Gasteiger partial charge on any atom is 0.347 e. The quantitative estimate of drug-likeness (QED) is 0.157. The first kappa shape index (κ1) is 24.9. The number of carbonyl (C=O) groups is 4. The van der Waals surface area contributed by atoms with Crippen LogP contribution in [0, 0.1) is 5.41 Å². The molecule has 3 rings (SSSR count). The normalized spacial score (nSPS) is 21.5. The lowest BCUT2D eigenvalue weighted by Gasteiger charge is -2.38. The van der Waals surface area contributed by atoms with Gasteiger partial charge in [-0.2, -0.15) is 0 Å². The molecule has 1 spiro atoms. The third-order valence-corrected chi connectivity index (χ3v) is 5.75. The summed E-state index contributed by atoms with van der Waals surface area (Å²) in [4.78, 5) is 50.7. The van der Waals surface area contributed by atoms with Gasteiger partial charge in [0.25, 0.3) is 5.91 Å². The van der Waals surface area contributed by atoms with Gasteiger partial charge in [0, 0.05) is 12.8 Å². The number of nitrogens with zero attached hydrogens (tertiary/aromatic N) is 2. The predicted molar refractivity (Wildman–Crippen MR) is 122 cm³/mol. The van der Waals surface area contributed by atoms with E-state index in [2.05, 4.69) is 5.10 Å². The topological polar surface area (TPSA) is 112 Å². The molecule has 2 unspecified atom stereocenters. The average Bonchev–Trinajstić information content (AvgIpc) is 3.05. The molecule has 2 aliphatic rings. The molecule has 1 aromatic carbocycles. The highest BCUT2D eigenvalue weighted by molar-refractivity contribution is 6.16. The van der Waals surface area contributed by atoms with Crippen LogP contribution in [0.4, 0.5) is 0 Å². The number of benzene rings is 1. The third-order valence-electron chi connectivity index (χ3n) is 5.75. The minimum Gasteiger partial charge on any atom is -0.462 e. The van der Waals surface area contributed by atoms with E-state index in [1.54, 1.807) is 13.8 Å². The molecule has 0 N–H and O–H groups in total. The van der Waals surface area contributed by atoms with E-state index in [1.807, 2.05) is 43.3 Å². The number of hydrazone groups is 1. The summed E-state index contributed by atoms with van der Waals surface area (Å²) in [5, 5.41) is 5.13. The van der Waals surface area contributed by atoms with Gasteiger partial charge in [0.2, 0.25) is 5.90 Å². The molecule has 1 heterocycles. The molecule has 0 bridgehead atoms. The average molecular weight is 469 g/mol. The molecule has 0 radical (unpaired) electrons. The van der Waals surface area contributed by atoms with Crippen molar-refractivity contribution >= 4 is 29.7 Å². The Balaban J connectivity index is 2.14. The van der Waals surface area contributed by atoms with E-state index in [0.717, 1.165) is 22.3 Å². The number of esters is 3. The number of hydrogen-bond donors (Lipinski definition) is 0. The fourth-order valence-corrected chi connectivity index (χ4v) is 4.21. The van der Waals surface area contributed by atoms with E-state index >= 15 is 0 Å². The summed E-state index contributed by atoms with van der Waals surface area (Å²) in [6.07, 6.45) is 3.68. The molecule has 1 aromatic rings. The van der Waals surface area contributed by atoms with E-state index in [4.69, 9.17) is 14.2 Å². The van der Waals surface area contributed by atoms with Crippen molar-refractivity contribution < 1.29 is 33.4 Å². The molecule has 0 fully saturated rings. The summed E-state index contributed by atoms with van der Waals surface area (Å²) >= 11 is 0. The van der Waals surface area contributed by atoms with Crippen LogP contribution in [0.2, 0.25) is 0 Å². The highest BCUT2D eigenvalue weighted by Gasteiger charge is 2.59. The maximum absolute atomic E-state index is 13.9. The Kier molecular flexibility index (Phi) is 7.65. The van der Waals surface area contributed by atoms with Crippen LogP contribution in [0.5, 0.6) is 0 Å². The van der Waals surface area contributed by atoms with Crippen molar-refractivity contribution in [1.82, 2.24) is 5.01 Å². The summed E-state index contributed by atoms with van der Waals surface area (Å²) in [7, 11) is 0. The largest absolute Gasteiger partial charge is 0.462 e. The molecular formula is C25H28N2O7. The van der Waals surface area contributed by atoms with Crippen LogP contribution in [0.3, 0.4) is 0 Å². The van der Waals surface area contributed by atoms with Crippen molar-refractivity contribution in [3.05, 3.63) is 59.3 Å². The minimum absolute atomic E-state index is 0.0234. The molecular weight excluding hydrogens is 440 g/mol. The van der Waals surface area contributed by atoms with Gasteiger partial charge in [-0.3, -0.25) is 9.59 Å². The first-order valence-corrected chi connectivity index (χ1v) is 11.1. The van der Waals surface area contributed by atoms with Gasteiger partial charge in [-0.1, -0.05) is 42.0 Å². The second-order valence-electron chi connectivity index (χ2n) is 8.03. The van der Waals surface area contributed by atoms with Crippen molar-refractivity contribution in [1.29, 1.82) is 0 Å². The predicted octanol–water partition coefficient (Wildman–Crippen LogP) is 3.23. The zero-order valence-corrected chi connectivity index (χ0v) is 19.7. The number of amides is 1. The van der Waals surface area contributed by atoms with Crippen molar-refractivity contribution in [2.75, 3.05) is 13.2 Å². The van der Waals surface area contributed by atoms with Crippen LogP contribution in [0.1, 0.15) is 52.0 Å². The standard InChI is InChI=1S/C25H28N2O7/c1-5-32-21(29)19(22(30)33-6-2)15-27-24(31)25(23(26-27)34-17(4)28)13-12-16(3)14-20(25)18-10-8-7-9-11-18/h7-12,15,20H,5-6,13-14H2,1-4H3. The molecule has 2 atom stereocenters. The van der Waals surface area contributed by atoms with Crippen molar-refractivity contribution in [3.8, 4) is 0 Å². The van der Waals surface area contributed by atoms with Gasteiger partial charge in [0.05, 0.1) is 19.4 Å². The highest BCUT2D eigenvalue weighted by atomic mass is 16.6. The van der Waals surface area contributed by atoms with Gasteiger partial charge in [-0.25, -0.2) is 14.6 Å². The number of rotatable bonds is 6. The van der Waals surface area contributed by atoms with E-state index in [0.29, 0.717) is 6.42 Å². The lowest BCUT2D eigenvalue weighted by Crippen LogP contribution is -2.46. The number of allylic oxidation sites excluding steroid dienone is 2. The number of hydrogen-bond acceptors (Lipinski definition) is 8. The van der Waals surface area contributed by atoms with Crippen LogP contribution in [-0.2, 0) is 33.4 Å². The van der Waals surface area contributed by atoms with Gasteiger partial charge in [-0.05, 0) is 39.2 Å². The molecule has 0 aromatic heterocycles. The third kappa shape index (κ3) is 4.78. The summed E-state index contributed by atoms with van der Waals surface area (Å²) in [6, 6.07) is 9.43. The fraction of sp³-hybridized carbons (Fsp3) is 0.400. The van der Waals surface area contributed by atoms with Gasteiger partial charge in [-0.15, -0.1) is 5.10 Å². The van der Waals surface area contributed by atoms with Crippen LogP contribution < -0.4 is 0 Å². The van der Waals surface area contributed by atoms with Gasteiger partial charge in [0.1, 0.15) is 5.41 Å². The Labute approximate surface area is 198 Å². The van der Waals surface area contributed by atoms with Crippen LogP contribution in [0.25, 0.3) is 0 Å². The van der Waals surface area contributed by atoms with E-state index in [9.17, 15) is 19.2 Å². The number of carbonyl (C=O) groups excluding carboxylic acids is 4. The summed E-state index contributed by atoms with van der Waals surface area (Å²) in [5.74, 6) is -3.50. The second kappa shape index (κ2) is 10.5. The number of ether oxygens (including phenoxy) is 3. The summed E-state index contributed by atoms with van der Waals surface area (Å²) in [6.45, 7) is 6.43. The van der Waals surface area contributed by atoms with E-state index in [1.165, 1.54) is 6.92 Å². The summed E-state index contributed by atoms with van der Waals surface area (Å²) < 4.78 is 15.4. The van der Waals surface area contributed by atoms with Crippen LogP contribution >= 0.6 is 0 Å². The molecule has 180 valence electrons.